The second-order valence-corrected chi connectivity index (χ2v) is 3.82. The molecule has 0 saturated carbocycles. The summed E-state index contributed by atoms with van der Waals surface area (Å²) < 4.78 is 0. The molecule has 1 rings (SSSR count). The highest BCUT2D eigenvalue weighted by Gasteiger charge is 2.11. The number of carbonyl (C=O) groups is 1. The Kier molecular flexibility index (Phi) is 3.23. The Morgan fingerprint density at radius 2 is 2.07 bits per heavy atom. The van der Waals surface area contributed by atoms with Crippen molar-refractivity contribution >= 4 is 11.6 Å². The van der Waals surface area contributed by atoms with Gasteiger partial charge in [-0.15, -0.1) is 0 Å². The van der Waals surface area contributed by atoms with E-state index >= 15 is 0 Å². The molecule has 76 valence electrons. The van der Waals surface area contributed by atoms with Crippen LogP contribution in [0.25, 0.3) is 0 Å². The van der Waals surface area contributed by atoms with Gasteiger partial charge in [-0.1, -0.05) is 13.8 Å². The van der Waals surface area contributed by atoms with Crippen molar-refractivity contribution in [2.24, 2.45) is 5.92 Å². The van der Waals surface area contributed by atoms with Gasteiger partial charge in [0, 0.05) is 31.8 Å². The maximum absolute atomic E-state index is 11.7. The molecule has 1 aromatic heterocycles. The molecule has 0 unspecified atom stereocenters. The molecular weight excluding hydrogens is 176 g/mol. The molecule has 0 bridgehead atoms. The molecule has 0 amide bonds. The third kappa shape index (κ3) is 2.31. The highest BCUT2D eigenvalue weighted by atomic mass is 16.1. The Hall–Kier alpha value is -1.38. The zero-order valence-corrected chi connectivity index (χ0v) is 9.11. The van der Waals surface area contributed by atoms with E-state index in [9.17, 15) is 4.79 Å². The first kappa shape index (κ1) is 10.7. The third-order valence-corrected chi connectivity index (χ3v) is 2.01. The minimum Gasteiger partial charge on any atom is -0.363 e. The summed E-state index contributed by atoms with van der Waals surface area (Å²) in [4.78, 5) is 17.7. The van der Waals surface area contributed by atoms with Crippen molar-refractivity contribution in [3.05, 3.63) is 23.9 Å². The van der Waals surface area contributed by atoms with Crippen LogP contribution in [0.4, 0.5) is 5.82 Å². The third-order valence-electron chi connectivity index (χ3n) is 2.01. The molecule has 0 aliphatic rings. The summed E-state index contributed by atoms with van der Waals surface area (Å²) >= 11 is 0. The Bertz CT molecular complexity index is 332. The number of hydrogen-bond donors (Lipinski definition) is 0. The number of Topliss-reactive ketones (excluding diaryl/α,β-unsaturated/α-hetero) is 1. The van der Waals surface area contributed by atoms with E-state index in [0.717, 1.165) is 11.4 Å². The first-order chi connectivity index (χ1) is 6.52. The second-order valence-electron chi connectivity index (χ2n) is 3.82. The van der Waals surface area contributed by atoms with Gasteiger partial charge in [-0.3, -0.25) is 4.79 Å². The summed E-state index contributed by atoms with van der Waals surface area (Å²) in [6.45, 7) is 3.80. The van der Waals surface area contributed by atoms with Crippen molar-refractivity contribution in [3.8, 4) is 0 Å². The Morgan fingerprint density at radius 3 is 2.57 bits per heavy atom. The van der Waals surface area contributed by atoms with E-state index in [2.05, 4.69) is 4.98 Å². The van der Waals surface area contributed by atoms with Crippen LogP contribution in [0.1, 0.15) is 24.2 Å². The molecule has 0 saturated heterocycles. The molecule has 3 nitrogen and oxygen atoms in total. The molecule has 0 atom stereocenters. The number of rotatable bonds is 3. The van der Waals surface area contributed by atoms with Crippen molar-refractivity contribution < 1.29 is 4.79 Å². The van der Waals surface area contributed by atoms with Crippen molar-refractivity contribution in [1.82, 2.24) is 4.98 Å². The Morgan fingerprint density at radius 1 is 1.43 bits per heavy atom. The maximum Gasteiger partial charge on any atom is 0.165 e. The molecular formula is C11H16N2O. The van der Waals surface area contributed by atoms with Gasteiger partial charge >= 0.3 is 0 Å². The normalized spacial score (nSPS) is 10.4. The van der Waals surface area contributed by atoms with Crippen LogP contribution in [0.15, 0.2) is 18.3 Å². The van der Waals surface area contributed by atoms with Crippen LogP contribution in [0, 0.1) is 5.92 Å². The lowest BCUT2D eigenvalue weighted by Gasteiger charge is -2.12. The molecule has 0 spiro atoms. The summed E-state index contributed by atoms with van der Waals surface area (Å²) in [6, 6.07) is 3.58. The van der Waals surface area contributed by atoms with Crippen molar-refractivity contribution in [2.75, 3.05) is 19.0 Å². The first-order valence-electron chi connectivity index (χ1n) is 4.70. The van der Waals surface area contributed by atoms with Gasteiger partial charge in [-0.2, -0.15) is 0 Å². The van der Waals surface area contributed by atoms with Crippen LogP contribution in [0.3, 0.4) is 0 Å². The zero-order chi connectivity index (χ0) is 10.7. The number of carbonyl (C=O) groups excluding carboxylic acids is 1. The lowest BCUT2D eigenvalue weighted by atomic mass is 10.0. The molecule has 0 aliphatic carbocycles. The van der Waals surface area contributed by atoms with E-state index in [0.29, 0.717) is 0 Å². The number of hydrogen-bond acceptors (Lipinski definition) is 3. The van der Waals surface area contributed by atoms with E-state index < -0.39 is 0 Å². The molecule has 0 radical (unpaired) electrons. The standard InChI is InChI=1S/C11H16N2O/c1-8(2)11(14)9-5-6-12-10(7-9)13(3)4/h5-8H,1-4H3. The van der Waals surface area contributed by atoms with Crippen molar-refractivity contribution in [1.29, 1.82) is 0 Å². The summed E-state index contributed by atoms with van der Waals surface area (Å²) in [5.41, 5.74) is 0.735. The van der Waals surface area contributed by atoms with Gasteiger partial charge in [0.15, 0.2) is 5.78 Å². The van der Waals surface area contributed by atoms with Gasteiger partial charge in [0.2, 0.25) is 0 Å². The van der Waals surface area contributed by atoms with Crippen LogP contribution in [0.5, 0.6) is 0 Å². The first-order valence-corrected chi connectivity index (χ1v) is 4.70. The quantitative estimate of drug-likeness (QED) is 0.687. The molecule has 0 N–H and O–H groups in total. The van der Waals surface area contributed by atoms with E-state index in [1.807, 2.05) is 38.9 Å². The molecule has 0 fully saturated rings. The molecule has 1 aromatic rings. The van der Waals surface area contributed by atoms with Gasteiger partial charge in [-0.25, -0.2) is 4.98 Å². The number of nitrogens with zero attached hydrogens (tertiary/aromatic N) is 2. The SMILES string of the molecule is CC(C)C(=O)c1ccnc(N(C)C)c1. The van der Waals surface area contributed by atoms with Gasteiger partial charge in [0.25, 0.3) is 0 Å². The minimum atomic E-state index is 0.0346. The average Bonchev–Trinajstić information content (AvgIpc) is 2.16. The predicted octanol–water partition coefficient (Wildman–Crippen LogP) is 1.99. The maximum atomic E-state index is 11.7. The average molecular weight is 192 g/mol. The van der Waals surface area contributed by atoms with Gasteiger partial charge in [0.1, 0.15) is 5.82 Å². The molecule has 14 heavy (non-hydrogen) atoms. The lowest BCUT2D eigenvalue weighted by Crippen LogP contribution is -2.13. The minimum absolute atomic E-state index is 0.0346. The van der Waals surface area contributed by atoms with E-state index in [4.69, 9.17) is 0 Å². The van der Waals surface area contributed by atoms with Crippen molar-refractivity contribution in [2.45, 2.75) is 13.8 Å². The van der Waals surface area contributed by atoms with Crippen LogP contribution < -0.4 is 4.90 Å². The van der Waals surface area contributed by atoms with Crippen LogP contribution in [0.2, 0.25) is 0 Å². The van der Waals surface area contributed by atoms with Crippen LogP contribution in [-0.4, -0.2) is 24.9 Å². The van der Waals surface area contributed by atoms with Gasteiger partial charge in [0.05, 0.1) is 0 Å². The largest absolute Gasteiger partial charge is 0.363 e. The molecule has 3 heteroatoms. The van der Waals surface area contributed by atoms with Gasteiger partial charge in [-0.05, 0) is 12.1 Å². The fourth-order valence-corrected chi connectivity index (χ4v) is 1.15. The summed E-state index contributed by atoms with van der Waals surface area (Å²) in [5.74, 6) is 1.01. The fourth-order valence-electron chi connectivity index (χ4n) is 1.15. The van der Waals surface area contributed by atoms with E-state index in [1.54, 1.807) is 12.3 Å². The number of ketones is 1. The highest BCUT2D eigenvalue weighted by Crippen LogP contribution is 2.13. The van der Waals surface area contributed by atoms with E-state index in [1.165, 1.54) is 0 Å². The second kappa shape index (κ2) is 4.22. The Balaban J connectivity index is 3.00. The molecule has 0 aliphatic heterocycles. The number of aromatic nitrogens is 1. The number of pyridine rings is 1. The zero-order valence-electron chi connectivity index (χ0n) is 9.11. The Labute approximate surface area is 84.8 Å². The predicted molar refractivity (Wildman–Crippen MR) is 57.7 cm³/mol. The number of anilines is 1. The highest BCUT2D eigenvalue weighted by molar-refractivity contribution is 5.97. The smallest absolute Gasteiger partial charge is 0.165 e. The summed E-state index contributed by atoms with van der Waals surface area (Å²) in [5, 5.41) is 0. The molecule has 0 aromatic carbocycles. The van der Waals surface area contributed by atoms with Gasteiger partial charge < -0.3 is 4.90 Å². The summed E-state index contributed by atoms with van der Waals surface area (Å²) in [6.07, 6.45) is 1.67. The van der Waals surface area contributed by atoms with Crippen LogP contribution >= 0.6 is 0 Å². The van der Waals surface area contributed by atoms with E-state index in [-0.39, 0.29) is 11.7 Å². The summed E-state index contributed by atoms with van der Waals surface area (Å²) in [7, 11) is 3.82. The van der Waals surface area contributed by atoms with Crippen molar-refractivity contribution in [3.63, 3.8) is 0 Å². The molecule has 1 heterocycles. The lowest BCUT2D eigenvalue weighted by molar-refractivity contribution is 0.0939. The monoisotopic (exact) mass is 192 g/mol. The van der Waals surface area contributed by atoms with Crippen LogP contribution in [-0.2, 0) is 0 Å². The topological polar surface area (TPSA) is 33.2 Å². The fraction of sp³-hybridized carbons (Fsp3) is 0.455.